The van der Waals surface area contributed by atoms with E-state index in [-0.39, 0.29) is 19.0 Å². The van der Waals surface area contributed by atoms with E-state index >= 15 is 0 Å². The molecule has 2 aromatic rings. The first-order valence-electron chi connectivity index (χ1n) is 9.38. The minimum absolute atomic E-state index is 0.161. The second-order valence-corrected chi connectivity index (χ2v) is 7.80. The van der Waals surface area contributed by atoms with Gasteiger partial charge in [-0.25, -0.2) is 0 Å². The molecule has 0 unspecified atom stereocenters. The van der Waals surface area contributed by atoms with E-state index in [4.69, 9.17) is 28.9 Å². The van der Waals surface area contributed by atoms with Crippen molar-refractivity contribution in [3.05, 3.63) is 28.2 Å². The zero-order chi connectivity index (χ0) is 22.6. The number of nitrogen functional groups attached to an aromatic ring is 1. The monoisotopic (exact) mass is 480 g/mol. The van der Waals surface area contributed by atoms with Gasteiger partial charge in [0, 0.05) is 38.3 Å². The molecule has 1 fully saturated rings. The van der Waals surface area contributed by atoms with Gasteiger partial charge in [0.15, 0.2) is 5.82 Å². The molecule has 1 aromatic heterocycles. The van der Waals surface area contributed by atoms with E-state index < -0.39 is 18.9 Å². The number of rotatable bonds is 7. The van der Waals surface area contributed by atoms with Gasteiger partial charge in [-0.1, -0.05) is 35.3 Å². The molecule has 1 aliphatic heterocycles. The van der Waals surface area contributed by atoms with Crippen LogP contribution in [0.1, 0.15) is 0 Å². The highest BCUT2D eigenvalue weighted by molar-refractivity contribution is 6.43. The summed E-state index contributed by atoms with van der Waals surface area (Å²) in [6, 6.07) is 5.09. The number of benzene rings is 1. The fraction of sp³-hybridized carbons (Fsp3) is 0.500. The van der Waals surface area contributed by atoms with Crippen molar-refractivity contribution < 1.29 is 23.0 Å². The van der Waals surface area contributed by atoms with Crippen LogP contribution in [-0.4, -0.2) is 83.4 Å². The van der Waals surface area contributed by atoms with Crippen molar-refractivity contribution in [2.45, 2.75) is 12.3 Å². The highest BCUT2D eigenvalue weighted by Crippen LogP contribution is 2.34. The topological polar surface area (TPSA) is 101 Å². The number of anilines is 2. The maximum atomic E-state index is 12.1. The van der Waals surface area contributed by atoms with Crippen LogP contribution in [0.3, 0.4) is 0 Å². The van der Waals surface area contributed by atoms with Crippen LogP contribution in [0.4, 0.5) is 24.9 Å². The normalized spacial score (nSPS) is 16.5. The number of nitrogens with two attached hydrogens (primary N) is 1. The minimum atomic E-state index is -4.41. The standard InChI is InChI=1S/C18H21Cl2F3N6O2/c19-13-3-1-2-12(14(13)20)15-16(24)25-17(27-26-15)29-6-4-28(5-7-29)8-11(30)9-31-10-18(21,22)23/h1-3,11,30H,4-10H2,(H2,24,25,27)/t11-/m0/s1. The average molecular weight is 481 g/mol. The summed E-state index contributed by atoms with van der Waals surface area (Å²) in [5.41, 5.74) is 6.93. The van der Waals surface area contributed by atoms with E-state index in [1.54, 1.807) is 18.2 Å². The first kappa shape index (κ1) is 23.7. The van der Waals surface area contributed by atoms with Crippen molar-refractivity contribution in [3.8, 4) is 11.3 Å². The number of piperazine rings is 1. The number of ether oxygens (including phenoxy) is 1. The van der Waals surface area contributed by atoms with Gasteiger partial charge >= 0.3 is 6.18 Å². The Kier molecular flexibility index (Phi) is 7.76. The SMILES string of the molecule is Nc1nc(N2CCN(C[C@H](O)COCC(F)(F)F)CC2)nnc1-c1cccc(Cl)c1Cl. The van der Waals surface area contributed by atoms with Gasteiger partial charge in [-0.3, -0.25) is 4.90 Å². The van der Waals surface area contributed by atoms with Crippen LogP contribution in [0.15, 0.2) is 18.2 Å². The minimum Gasteiger partial charge on any atom is -0.389 e. The third-order valence-electron chi connectivity index (χ3n) is 4.61. The first-order valence-corrected chi connectivity index (χ1v) is 10.1. The highest BCUT2D eigenvalue weighted by atomic mass is 35.5. The lowest BCUT2D eigenvalue weighted by Gasteiger charge is -2.35. The summed E-state index contributed by atoms with van der Waals surface area (Å²) in [6.07, 6.45) is -5.42. The molecule has 0 amide bonds. The van der Waals surface area contributed by atoms with Crippen LogP contribution < -0.4 is 10.6 Å². The van der Waals surface area contributed by atoms with Gasteiger partial charge in [0.05, 0.1) is 22.8 Å². The number of aliphatic hydroxyl groups excluding tert-OH is 1. The lowest BCUT2D eigenvalue weighted by atomic mass is 10.1. The smallest absolute Gasteiger partial charge is 0.389 e. The van der Waals surface area contributed by atoms with E-state index in [9.17, 15) is 18.3 Å². The maximum absolute atomic E-state index is 12.1. The van der Waals surface area contributed by atoms with Crippen molar-refractivity contribution in [1.82, 2.24) is 20.1 Å². The Morgan fingerprint density at radius 3 is 2.52 bits per heavy atom. The van der Waals surface area contributed by atoms with Crippen molar-refractivity contribution >= 4 is 35.0 Å². The third kappa shape index (κ3) is 6.53. The number of halogens is 5. The second kappa shape index (κ2) is 10.1. The molecule has 2 heterocycles. The van der Waals surface area contributed by atoms with E-state index in [2.05, 4.69) is 19.9 Å². The van der Waals surface area contributed by atoms with Crippen molar-refractivity contribution in [3.63, 3.8) is 0 Å². The molecular weight excluding hydrogens is 460 g/mol. The molecule has 0 aliphatic carbocycles. The van der Waals surface area contributed by atoms with E-state index in [1.807, 2.05) is 9.80 Å². The fourth-order valence-corrected chi connectivity index (χ4v) is 3.52. The third-order valence-corrected chi connectivity index (χ3v) is 5.43. The van der Waals surface area contributed by atoms with Gasteiger partial charge in [0.2, 0.25) is 5.95 Å². The van der Waals surface area contributed by atoms with Crippen LogP contribution >= 0.6 is 23.2 Å². The zero-order valence-electron chi connectivity index (χ0n) is 16.3. The lowest BCUT2D eigenvalue weighted by molar-refractivity contribution is -0.179. The second-order valence-electron chi connectivity index (χ2n) is 7.02. The molecule has 0 spiro atoms. The van der Waals surface area contributed by atoms with Crippen molar-refractivity contribution in [1.29, 1.82) is 0 Å². The largest absolute Gasteiger partial charge is 0.411 e. The van der Waals surface area contributed by atoms with Crippen LogP contribution in [0.25, 0.3) is 11.3 Å². The number of aromatic nitrogens is 3. The van der Waals surface area contributed by atoms with E-state index in [0.29, 0.717) is 53.4 Å². The van der Waals surface area contributed by atoms with Crippen LogP contribution in [-0.2, 0) is 4.74 Å². The van der Waals surface area contributed by atoms with Gasteiger partial charge in [-0.2, -0.15) is 18.2 Å². The molecule has 0 bridgehead atoms. The van der Waals surface area contributed by atoms with E-state index in [1.165, 1.54) is 0 Å². The molecule has 3 rings (SSSR count). The molecule has 3 N–H and O–H groups in total. The van der Waals surface area contributed by atoms with Gasteiger partial charge < -0.3 is 20.5 Å². The molecule has 13 heteroatoms. The maximum Gasteiger partial charge on any atom is 0.411 e. The van der Waals surface area contributed by atoms with Crippen molar-refractivity contribution in [2.75, 3.05) is 56.6 Å². The molecule has 0 radical (unpaired) electrons. The lowest BCUT2D eigenvalue weighted by Crippen LogP contribution is -2.49. The van der Waals surface area contributed by atoms with Gasteiger partial charge in [-0.15, -0.1) is 10.2 Å². The predicted molar refractivity (Wildman–Crippen MR) is 111 cm³/mol. The van der Waals surface area contributed by atoms with Crippen LogP contribution in [0, 0.1) is 0 Å². The summed E-state index contributed by atoms with van der Waals surface area (Å²) in [7, 11) is 0. The van der Waals surface area contributed by atoms with Crippen LogP contribution in [0.2, 0.25) is 10.0 Å². The predicted octanol–water partition coefficient (Wildman–Crippen LogP) is 2.49. The van der Waals surface area contributed by atoms with Crippen LogP contribution in [0.5, 0.6) is 0 Å². The van der Waals surface area contributed by atoms with E-state index in [0.717, 1.165) is 0 Å². The fourth-order valence-electron chi connectivity index (χ4n) is 3.13. The Morgan fingerprint density at radius 2 is 1.87 bits per heavy atom. The Balaban J connectivity index is 1.54. The average Bonchev–Trinajstić information content (AvgIpc) is 2.70. The Hall–Kier alpha value is -1.92. The van der Waals surface area contributed by atoms with Gasteiger partial charge in [-0.05, 0) is 6.07 Å². The number of hydrogen-bond acceptors (Lipinski definition) is 8. The zero-order valence-corrected chi connectivity index (χ0v) is 17.8. The molecule has 1 atom stereocenters. The summed E-state index contributed by atoms with van der Waals surface area (Å²) in [4.78, 5) is 8.14. The highest BCUT2D eigenvalue weighted by Gasteiger charge is 2.28. The molecule has 1 aromatic carbocycles. The molecule has 0 saturated carbocycles. The molecule has 1 aliphatic rings. The number of alkyl halides is 3. The number of hydrogen-bond donors (Lipinski definition) is 2. The summed E-state index contributed by atoms with van der Waals surface area (Å²) >= 11 is 12.3. The molecule has 8 nitrogen and oxygen atoms in total. The number of aliphatic hydroxyl groups is 1. The quantitative estimate of drug-likeness (QED) is 0.623. The van der Waals surface area contributed by atoms with Crippen molar-refractivity contribution in [2.24, 2.45) is 0 Å². The Bertz CT molecular complexity index is 897. The number of β-amino-alcohol motifs (C(OH)–C–C–N with tert-alkyl or cyclic N) is 1. The van der Waals surface area contributed by atoms with Gasteiger partial charge in [0.1, 0.15) is 12.3 Å². The summed E-state index contributed by atoms with van der Waals surface area (Å²) in [5, 5.41) is 18.9. The van der Waals surface area contributed by atoms with Gasteiger partial charge in [0.25, 0.3) is 0 Å². The Morgan fingerprint density at radius 1 is 1.16 bits per heavy atom. The molecular formula is C18H21Cl2F3N6O2. The number of nitrogens with zero attached hydrogens (tertiary/aromatic N) is 5. The molecule has 170 valence electrons. The molecule has 31 heavy (non-hydrogen) atoms. The summed E-state index contributed by atoms with van der Waals surface area (Å²) in [6.45, 7) is 0.641. The summed E-state index contributed by atoms with van der Waals surface area (Å²) < 4.78 is 40.8. The first-order chi connectivity index (χ1) is 14.6. The molecule has 1 saturated heterocycles. The Labute approximate surface area is 186 Å². The summed E-state index contributed by atoms with van der Waals surface area (Å²) in [5.74, 6) is 0.516.